The van der Waals surface area contributed by atoms with Gasteiger partial charge in [-0.05, 0) is 6.92 Å². The monoisotopic (exact) mass is 123 g/mol. The third kappa shape index (κ3) is 4.13. The summed E-state index contributed by atoms with van der Waals surface area (Å²) in [4.78, 5) is 9.71. The van der Waals surface area contributed by atoms with Crippen LogP contribution in [0.2, 0.25) is 0 Å². The molecule has 4 heteroatoms. The Hall–Kier alpha value is -0.0400. The molecule has 1 N–H and O–H groups in total. The Kier molecular flexibility index (Phi) is 6.93. The van der Waals surface area contributed by atoms with Crippen molar-refractivity contribution in [3.05, 3.63) is 0 Å². The molecule has 0 saturated carbocycles. The first-order valence-corrected chi connectivity index (χ1v) is 1.81. The van der Waals surface area contributed by atoms with Gasteiger partial charge in [0, 0.05) is 0 Å². The molecule has 0 rings (SSSR count). The molecule has 0 heterocycles. The molecular weight excluding hydrogens is 117 g/mol. The average molecular weight is 123 g/mol. The fourth-order valence-corrected chi connectivity index (χ4v) is 0.0552. The zero-order valence-electron chi connectivity index (χ0n) is 3.88. The number of carboxylic acid groups (broad SMARTS) is 1. The molecule has 3 nitrogen and oxygen atoms in total. The number of rotatable bonds is 1. The van der Waals surface area contributed by atoms with Gasteiger partial charge in [-0.2, -0.15) is 5.26 Å². The van der Waals surface area contributed by atoms with Crippen LogP contribution in [0.15, 0.2) is 0 Å². The van der Waals surface area contributed by atoms with E-state index in [1.165, 1.54) is 6.92 Å². The molecule has 0 bridgehead atoms. The van der Waals surface area contributed by atoms with Gasteiger partial charge in [0.2, 0.25) is 0 Å². The second-order valence-corrected chi connectivity index (χ2v) is 1.19. The molecule has 0 spiro atoms. The number of hydrogen-bond donors (Lipinski definition) is 1. The molecule has 0 aliphatic rings. The van der Waals surface area contributed by atoms with Gasteiger partial charge < -0.3 is 5.11 Å². The summed E-state index contributed by atoms with van der Waals surface area (Å²) in [7, 11) is 0. The molecule has 8 heavy (non-hydrogen) atoms. The third-order valence-corrected chi connectivity index (χ3v) is 0.564. The van der Waals surface area contributed by atoms with Crippen LogP contribution < -0.4 is 0 Å². The zero-order chi connectivity index (χ0) is 5.86. The topological polar surface area (TPSA) is 61.1 Å². The fourth-order valence-electron chi connectivity index (χ4n) is 0.0552. The minimum atomic E-state index is -1.07. The summed E-state index contributed by atoms with van der Waals surface area (Å²) in [5.41, 5.74) is 0. The first-order chi connectivity index (χ1) is 3.18. The molecule has 40 valence electrons. The second kappa shape index (κ2) is 5.10. The Bertz CT molecular complexity index is 118. The number of carbonyl (C=O) groups is 1. The van der Waals surface area contributed by atoms with Gasteiger partial charge in [-0.15, -0.1) is 0 Å². The van der Waals surface area contributed by atoms with Crippen LogP contribution in [0, 0.1) is 17.2 Å². The van der Waals surface area contributed by atoms with Gasteiger partial charge in [0.15, 0.2) is 0 Å². The van der Waals surface area contributed by atoms with Crippen LogP contribution in [0.5, 0.6) is 0 Å². The molecule has 1 unspecified atom stereocenters. The molecule has 0 aromatic carbocycles. The predicted molar refractivity (Wildman–Crippen MR) is 29.6 cm³/mol. The molecule has 0 saturated heterocycles. The standard InChI is InChI=1S/C4H5NO2.Na.H/c1-3(2-5)4(6)7;;/h3H,1H3,(H,6,7);;. The van der Waals surface area contributed by atoms with E-state index < -0.39 is 11.9 Å². The minimum absolute atomic E-state index is 0. The van der Waals surface area contributed by atoms with E-state index in [0.29, 0.717) is 0 Å². The van der Waals surface area contributed by atoms with E-state index in [1.54, 1.807) is 6.07 Å². The summed E-state index contributed by atoms with van der Waals surface area (Å²) >= 11 is 0. The predicted octanol–water partition coefficient (Wildman–Crippen LogP) is -0.418. The summed E-state index contributed by atoms with van der Waals surface area (Å²) in [5, 5.41) is 15.8. The van der Waals surface area contributed by atoms with Crippen molar-refractivity contribution in [2.75, 3.05) is 0 Å². The summed E-state index contributed by atoms with van der Waals surface area (Å²) < 4.78 is 0. The summed E-state index contributed by atoms with van der Waals surface area (Å²) in [6.45, 7) is 1.34. The summed E-state index contributed by atoms with van der Waals surface area (Å²) in [6, 6.07) is 1.56. The second-order valence-electron chi connectivity index (χ2n) is 1.19. The Morgan fingerprint density at radius 3 is 2.25 bits per heavy atom. The van der Waals surface area contributed by atoms with Crippen molar-refractivity contribution in [3.8, 4) is 6.07 Å². The Balaban J connectivity index is 0. The van der Waals surface area contributed by atoms with Crippen LogP contribution in [0.25, 0.3) is 0 Å². The van der Waals surface area contributed by atoms with Crippen molar-refractivity contribution in [1.29, 1.82) is 5.26 Å². The first kappa shape index (κ1) is 10.9. The van der Waals surface area contributed by atoms with Crippen molar-refractivity contribution < 1.29 is 9.90 Å². The van der Waals surface area contributed by atoms with E-state index in [-0.39, 0.29) is 29.6 Å². The van der Waals surface area contributed by atoms with Gasteiger partial charge in [0.05, 0.1) is 6.07 Å². The summed E-state index contributed by atoms with van der Waals surface area (Å²) in [6.07, 6.45) is 0. The van der Waals surface area contributed by atoms with Crippen molar-refractivity contribution in [2.24, 2.45) is 5.92 Å². The molecule has 0 amide bonds. The molecule has 0 aliphatic heterocycles. The number of nitriles is 1. The number of nitrogens with zero attached hydrogens (tertiary/aromatic N) is 1. The van der Waals surface area contributed by atoms with E-state index in [4.69, 9.17) is 10.4 Å². The number of hydrogen-bond acceptors (Lipinski definition) is 2. The summed E-state index contributed by atoms with van der Waals surface area (Å²) in [5.74, 6) is -1.94. The van der Waals surface area contributed by atoms with Crippen LogP contribution >= 0.6 is 0 Å². The molecule has 0 aromatic rings. The number of carboxylic acids is 1. The quantitative estimate of drug-likeness (QED) is 0.482. The van der Waals surface area contributed by atoms with Gasteiger partial charge in [-0.3, -0.25) is 4.79 Å². The van der Waals surface area contributed by atoms with Gasteiger partial charge >= 0.3 is 35.5 Å². The molecule has 0 fully saturated rings. The fraction of sp³-hybridized carbons (Fsp3) is 0.500. The van der Waals surface area contributed by atoms with Crippen molar-refractivity contribution in [2.45, 2.75) is 6.92 Å². The SMILES string of the molecule is CC(C#N)C(=O)O.[NaH]. The molecule has 0 aromatic heterocycles. The van der Waals surface area contributed by atoms with E-state index in [0.717, 1.165) is 0 Å². The van der Waals surface area contributed by atoms with Gasteiger partial charge in [-0.1, -0.05) is 0 Å². The third-order valence-electron chi connectivity index (χ3n) is 0.564. The van der Waals surface area contributed by atoms with Gasteiger partial charge in [0.25, 0.3) is 0 Å². The van der Waals surface area contributed by atoms with E-state index in [2.05, 4.69) is 0 Å². The molecular formula is C4H6NNaO2. The number of aliphatic carboxylic acids is 1. The maximum atomic E-state index is 9.71. The van der Waals surface area contributed by atoms with E-state index >= 15 is 0 Å². The maximum absolute atomic E-state index is 9.71. The van der Waals surface area contributed by atoms with Crippen molar-refractivity contribution >= 4 is 35.5 Å². The molecule has 0 aliphatic carbocycles. The van der Waals surface area contributed by atoms with Gasteiger partial charge in [0.1, 0.15) is 5.92 Å². The Morgan fingerprint density at radius 2 is 2.25 bits per heavy atom. The normalized spacial score (nSPS) is 10.5. The van der Waals surface area contributed by atoms with Crippen LogP contribution in [0.3, 0.4) is 0 Å². The van der Waals surface area contributed by atoms with Crippen molar-refractivity contribution in [3.63, 3.8) is 0 Å². The zero-order valence-corrected chi connectivity index (χ0v) is 3.88. The van der Waals surface area contributed by atoms with Crippen LogP contribution in [-0.4, -0.2) is 40.6 Å². The van der Waals surface area contributed by atoms with Crippen LogP contribution in [0.1, 0.15) is 6.92 Å². The van der Waals surface area contributed by atoms with Crippen molar-refractivity contribution in [1.82, 2.24) is 0 Å². The Labute approximate surface area is 69.6 Å². The van der Waals surface area contributed by atoms with E-state index in [1.807, 2.05) is 0 Å². The van der Waals surface area contributed by atoms with Crippen LogP contribution in [0.4, 0.5) is 0 Å². The van der Waals surface area contributed by atoms with E-state index in [9.17, 15) is 4.79 Å². The average Bonchev–Trinajstić information content (AvgIpc) is 1.65. The van der Waals surface area contributed by atoms with Crippen LogP contribution in [-0.2, 0) is 4.79 Å². The van der Waals surface area contributed by atoms with Gasteiger partial charge in [-0.25, -0.2) is 0 Å². The molecule has 0 radical (unpaired) electrons. The Morgan fingerprint density at radius 1 is 1.88 bits per heavy atom. The molecule has 1 atom stereocenters. The first-order valence-electron chi connectivity index (χ1n) is 1.81.